The van der Waals surface area contributed by atoms with Crippen LogP contribution in [0.4, 0.5) is 11.5 Å². The van der Waals surface area contributed by atoms with Gasteiger partial charge in [0.15, 0.2) is 5.82 Å². The zero-order valence-electron chi connectivity index (χ0n) is 18.2. The number of benzene rings is 1. The minimum atomic E-state index is 0.547. The molecule has 0 unspecified atom stereocenters. The van der Waals surface area contributed by atoms with Gasteiger partial charge in [0.25, 0.3) is 0 Å². The molecule has 5 aromatic rings. The van der Waals surface area contributed by atoms with Gasteiger partial charge >= 0.3 is 0 Å². The van der Waals surface area contributed by atoms with Crippen molar-refractivity contribution in [2.45, 2.75) is 13.8 Å². The van der Waals surface area contributed by atoms with E-state index in [4.69, 9.17) is 4.74 Å². The van der Waals surface area contributed by atoms with Crippen LogP contribution < -0.4 is 10.1 Å². The second-order valence-corrected chi connectivity index (χ2v) is 8.50. The molecule has 0 fully saturated rings. The molecule has 162 valence electrons. The summed E-state index contributed by atoms with van der Waals surface area (Å²) in [5.74, 6) is 1.97. The fourth-order valence-electron chi connectivity index (χ4n) is 3.37. The first-order chi connectivity index (χ1) is 16.2. The van der Waals surface area contributed by atoms with Crippen LogP contribution in [0.5, 0.6) is 11.6 Å². The average Bonchev–Trinajstić information content (AvgIpc) is 3.29. The van der Waals surface area contributed by atoms with Crippen molar-refractivity contribution in [3.05, 3.63) is 95.8 Å². The summed E-state index contributed by atoms with van der Waals surface area (Å²) >= 11 is 1.68. The molecule has 33 heavy (non-hydrogen) atoms. The van der Waals surface area contributed by atoms with Crippen LogP contribution in [0.1, 0.15) is 11.1 Å². The third-order valence-corrected chi connectivity index (χ3v) is 6.13. The second-order valence-electron chi connectivity index (χ2n) is 7.59. The number of hydrogen-bond acceptors (Lipinski definition) is 7. The van der Waals surface area contributed by atoms with Gasteiger partial charge < -0.3 is 10.1 Å². The number of thiophene rings is 1. The highest BCUT2D eigenvalue weighted by Crippen LogP contribution is 2.32. The van der Waals surface area contributed by atoms with Crippen molar-refractivity contribution in [2.24, 2.45) is 0 Å². The van der Waals surface area contributed by atoms with Gasteiger partial charge in [-0.25, -0.2) is 4.98 Å². The van der Waals surface area contributed by atoms with Crippen molar-refractivity contribution in [1.29, 1.82) is 0 Å². The second kappa shape index (κ2) is 9.18. The Labute approximate surface area is 196 Å². The molecule has 5 rings (SSSR count). The lowest BCUT2D eigenvalue weighted by Crippen LogP contribution is -1.99. The first-order valence-electron chi connectivity index (χ1n) is 10.5. The lowest BCUT2D eigenvalue weighted by molar-refractivity contribution is 0.465. The van der Waals surface area contributed by atoms with E-state index in [1.807, 2.05) is 55.5 Å². The molecular weight excluding hydrogens is 430 g/mol. The first kappa shape index (κ1) is 20.8. The molecule has 4 heterocycles. The molecule has 0 spiro atoms. The van der Waals surface area contributed by atoms with Crippen molar-refractivity contribution in [2.75, 3.05) is 5.32 Å². The molecule has 0 atom stereocenters. The van der Waals surface area contributed by atoms with Gasteiger partial charge in [-0.3, -0.25) is 4.98 Å². The number of aromatic nitrogens is 4. The lowest BCUT2D eigenvalue weighted by atomic mass is 10.1. The maximum Gasteiger partial charge on any atom is 0.227 e. The topological polar surface area (TPSA) is 72.8 Å². The largest absolute Gasteiger partial charge is 0.438 e. The number of ether oxygens (including phenoxy) is 1. The van der Waals surface area contributed by atoms with Crippen LogP contribution in [-0.4, -0.2) is 20.2 Å². The highest BCUT2D eigenvalue weighted by atomic mass is 32.1. The molecular formula is C26H21N5OS. The van der Waals surface area contributed by atoms with Gasteiger partial charge in [-0.05, 0) is 96.6 Å². The Bertz CT molecular complexity index is 1380. The summed E-state index contributed by atoms with van der Waals surface area (Å²) in [5.41, 5.74) is 5.96. The van der Waals surface area contributed by atoms with Crippen LogP contribution in [-0.2, 0) is 0 Å². The smallest absolute Gasteiger partial charge is 0.227 e. The van der Waals surface area contributed by atoms with E-state index in [0.29, 0.717) is 11.6 Å². The molecule has 1 N–H and O–H groups in total. The Balaban J connectivity index is 1.31. The van der Waals surface area contributed by atoms with Crippen molar-refractivity contribution in [3.63, 3.8) is 0 Å². The molecule has 6 nitrogen and oxygen atoms in total. The summed E-state index contributed by atoms with van der Waals surface area (Å²) in [6.07, 6.45) is 5.23. The van der Waals surface area contributed by atoms with Gasteiger partial charge in [0.1, 0.15) is 11.4 Å². The minimum Gasteiger partial charge on any atom is -0.438 e. The summed E-state index contributed by atoms with van der Waals surface area (Å²) in [5, 5.41) is 14.2. The molecule has 0 aliphatic heterocycles. The van der Waals surface area contributed by atoms with E-state index in [1.54, 1.807) is 29.9 Å². The third kappa shape index (κ3) is 4.73. The predicted molar refractivity (Wildman–Crippen MR) is 132 cm³/mol. The Morgan fingerprint density at radius 3 is 2.42 bits per heavy atom. The maximum absolute atomic E-state index is 6.07. The fraction of sp³-hybridized carbons (Fsp3) is 0.0769. The number of nitrogens with zero attached hydrogens (tertiary/aromatic N) is 4. The van der Waals surface area contributed by atoms with Crippen molar-refractivity contribution < 1.29 is 4.74 Å². The van der Waals surface area contributed by atoms with Crippen LogP contribution in [0.15, 0.2) is 84.6 Å². The predicted octanol–water partition coefficient (Wildman–Crippen LogP) is 6.81. The Hall–Kier alpha value is -4.10. The number of aryl methyl sites for hydroxylation is 2. The van der Waals surface area contributed by atoms with Gasteiger partial charge in [-0.1, -0.05) is 0 Å². The number of hydrogen-bond donors (Lipinski definition) is 1. The van der Waals surface area contributed by atoms with E-state index >= 15 is 0 Å². The standard InChI is InChI=1S/C26H21N5OS/c1-17-14-24(33-16-17)23-15-18(2)25(31-30-23)29-20-5-7-21(8-6-20)32-26-22(4-3-11-28-26)19-9-12-27-13-10-19/h3-16H,1-2H3,(H,29,31). The Morgan fingerprint density at radius 1 is 0.879 bits per heavy atom. The normalized spacial score (nSPS) is 10.7. The van der Waals surface area contributed by atoms with Gasteiger partial charge in [0.2, 0.25) is 5.88 Å². The van der Waals surface area contributed by atoms with E-state index in [0.717, 1.165) is 38.8 Å². The zero-order chi connectivity index (χ0) is 22.6. The number of nitrogens with one attached hydrogen (secondary N) is 1. The van der Waals surface area contributed by atoms with Crippen molar-refractivity contribution in [1.82, 2.24) is 20.2 Å². The monoisotopic (exact) mass is 451 g/mol. The SMILES string of the molecule is Cc1csc(-c2cc(C)c(Nc3ccc(Oc4ncccc4-c4ccncc4)cc3)nn2)c1. The van der Waals surface area contributed by atoms with Gasteiger partial charge in [0.05, 0.1) is 4.88 Å². The molecule has 0 amide bonds. The van der Waals surface area contributed by atoms with E-state index in [1.165, 1.54) is 5.56 Å². The number of anilines is 2. The van der Waals surface area contributed by atoms with E-state index in [9.17, 15) is 0 Å². The van der Waals surface area contributed by atoms with E-state index in [2.05, 4.69) is 49.9 Å². The van der Waals surface area contributed by atoms with Crippen LogP contribution in [0.2, 0.25) is 0 Å². The van der Waals surface area contributed by atoms with Gasteiger partial charge in [-0.2, -0.15) is 0 Å². The van der Waals surface area contributed by atoms with Crippen LogP contribution in [0.3, 0.4) is 0 Å². The first-order valence-corrected chi connectivity index (χ1v) is 11.3. The third-order valence-electron chi connectivity index (χ3n) is 5.06. The highest BCUT2D eigenvalue weighted by Gasteiger charge is 2.10. The molecule has 0 saturated heterocycles. The molecule has 4 aromatic heterocycles. The number of rotatable bonds is 6. The minimum absolute atomic E-state index is 0.547. The van der Waals surface area contributed by atoms with E-state index in [-0.39, 0.29) is 0 Å². The molecule has 0 bridgehead atoms. The highest BCUT2D eigenvalue weighted by molar-refractivity contribution is 7.13. The van der Waals surface area contributed by atoms with Crippen LogP contribution in [0, 0.1) is 13.8 Å². The Kier molecular flexibility index (Phi) is 5.78. The quantitative estimate of drug-likeness (QED) is 0.305. The average molecular weight is 452 g/mol. The van der Waals surface area contributed by atoms with E-state index < -0.39 is 0 Å². The summed E-state index contributed by atoms with van der Waals surface area (Å²) < 4.78 is 6.07. The fourth-order valence-corrected chi connectivity index (χ4v) is 4.23. The summed E-state index contributed by atoms with van der Waals surface area (Å²) in [6, 6.07) is 19.6. The maximum atomic E-state index is 6.07. The molecule has 0 aliphatic carbocycles. The zero-order valence-corrected chi connectivity index (χ0v) is 19.0. The molecule has 0 aliphatic rings. The molecule has 1 aromatic carbocycles. The molecule has 0 radical (unpaired) electrons. The molecule has 7 heteroatoms. The van der Waals surface area contributed by atoms with Crippen LogP contribution >= 0.6 is 11.3 Å². The van der Waals surface area contributed by atoms with Crippen LogP contribution in [0.25, 0.3) is 21.7 Å². The van der Waals surface area contributed by atoms with Crippen molar-refractivity contribution in [3.8, 4) is 33.3 Å². The summed E-state index contributed by atoms with van der Waals surface area (Å²) in [7, 11) is 0. The van der Waals surface area contributed by atoms with Gasteiger partial charge in [-0.15, -0.1) is 21.5 Å². The molecule has 0 saturated carbocycles. The summed E-state index contributed by atoms with van der Waals surface area (Å²) in [4.78, 5) is 9.61. The van der Waals surface area contributed by atoms with Crippen molar-refractivity contribution >= 4 is 22.8 Å². The lowest BCUT2D eigenvalue weighted by Gasteiger charge is -2.12. The summed E-state index contributed by atoms with van der Waals surface area (Å²) in [6.45, 7) is 4.11. The number of pyridine rings is 2. The van der Waals surface area contributed by atoms with Gasteiger partial charge in [0, 0.05) is 29.8 Å². The Morgan fingerprint density at radius 2 is 1.70 bits per heavy atom.